The van der Waals surface area contributed by atoms with Gasteiger partial charge in [0.25, 0.3) is 0 Å². The quantitative estimate of drug-likeness (QED) is 0.348. The fourth-order valence-electron chi connectivity index (χ4n) is 4.55. The molecule has 0 N–H and O–H groups in total. The fraction of sp³-hybridized carbons (Fsp3) is 0.667. The average molecular weight is 387 g/mol. The van der Waals surface area contributed by atoms with E-state index in [1.807, 2.05) is 18.2 Å². The first kappa shape index (κ1) is 20.9. The third kappa shape index (κ3) is 6.35. The number of carbonyl (C=O) groups is 2. The maximum Gasteiger partial charge on any atom is 0.320 e. The summed E-state index contributed by atoms with van der Waals surface area (Å²) >= 11 is 0. The Bertz CT molecular complexity index is 600. The van der Waals surface area contributed by atoms with Crippen LogP contribution < -0.4 is 0 Å². The highest BCUT2D eigenvalue weighted by Crippen LogP contribution is 2.33. The van der Waals surface area contributed by atoms with Gasteiger partial charge in [-0.15, -0.1) is 0 Å². The first-order valence-electron chi connectivity index (χ1n) is 11.1. The van der Waals surface area contributed by atoms with Crippen molar-refractivity contribution in [1.29, 1.82) is 0 Å². The van der Waals surface area contributed by atoms with Crippen molar-refractivity contribution in [3.63, 3.8) is 0 Å². The first-order chi connectivity index (χ1) is 13.7. The van der Waals surface area contributed by atoms with Crippen LogP contribution in [0.2, 0.25) is 0 Å². The molecule has 4 heteroatoms. The molecule has 0 aromatic heterocycles. The Balaban J connectivity index is 1.52. The van der Waals surface area contributed by atoms with Crippen LogP contribution in [0.15, 0.2) is 30.3 Å². The van der Waals surface area contributed by atoms with E-state index in [-0.39, 0.29) is 24.0 Å². The molecule has 0 radical (unpaired) electrons. The largest absolute Gasteiger partial charge is 0.465 e. The van der Waals surface area contributed by atoms with E-state index in [1.165, 1.54) is 18.4 Å². The minimum atomic E-state index is -0.737. The van der Waals surface area contributed by atoms with Crippen LogP contribution in [0.4, 0.5) is 0 Å². The summed E-state index contributed by atoms with van der Waals surface area (Å²) in [5.74, 6) is -1.38. The van der Waals surface area contributed by atoms with Gasteiger partial charge in [-0.3, -0.25) is 9.59 Å². The lowest BCUT2D eigenvalue weighted by molar-refractivity contribution is -0.169. The van der Waals surface area contributed by atoms with Gasteiger partial charge in [0.1, 0.15) is 6.10 Å². The molecule has 154 valence electrons. The van der Waals surface area contributed by atoms with Gasteiger partial charge >= 0.3 is 11.9 Å². The minimum Gasteiger partial charge on any atom is -0.465 e. The Hall–Kier alpha value is -1.84. The molecule has 0 heterocycles. The van der Waals surface area contributed by atoms with Crippen molar-refractivity contribution in [3.8, 4) is 0 Å². The molecule has 0 amide bonds. The van der Waals surface area contributed by atoms with Crippen molar-refractivity contribution < 1.29 is 19.1 Å². The molecule has 2 aliphatic rings. The molecule has 0 saturated heterocycles. The van der Waals surface area contributed by atoms with Crippen LogP contribution in [-0.4, -0.2) is 24.6 Å². The number of benzene rings is 1. The second kappa shape index (κ2) is 11.2. The smallest absolute Gasteiger partial charge is 0.320 e. The van der Waals surface area contributed by atoms with E-state index in [2.05, 4.69) is 12.1 Å². The zero-order valence-electron chi connectivity index (χ0n) is 16.9. The molecular formula is C24H34O4. The van der Waals surface area contributed by atoms with Crippen molar-refractivity contribution in [1.82, 2.24) is 0 Å². The molecule has 4 nitrogen and oxygen atoms in total. The summed E-state index contributed by atoms with van der Waals surface area (Å²) in [5, 5.41) is 0. The van der Waals surface area contributed by atoms with Crippen LogP contribution in [0.25, 0.3) is 0 Å². The zero-order valence-corrected chi connectivity index (χ0v) is 16.9. The lowest BCUT2D eigenvalue weighted by atomic mass is 9.80. The van der Waals surface area contributed by atoms with Crippen molar-refractivity contribution in [2.24, 2.45) is 11.8 Å². The van der Waals surface area contributed by atoms with E-state index in [0.29, 0.717) is 6.61 Å². The predicted molar refractivity (Wildman–Crippen MR) is 109 cm³/mol. The molecule has 1 unspecified atom stereocenters. The Labute approximate surface area is 169 Å². The highest BCUT2D eigenvalue weighted by Gasteiger charge is 2.39. The second-order valence-electron chi connectivity index (χ2n) is 8.33. The monoisotopic (exact) mass is 386 g/mol. The SMILES string of the molecule is O=C(OCCCc1ccccc1)C(C(=O)OC1CCCCC1)C1CCCCC1. The molecule has 0 bridgehead atoms. The Morgan fingerprint density at radius 3 is 2.18 bits per heavy atom. The minimum absolute atomic E-state index is 0.0155. The van der Waals surface area contributed by atoms with E-state index in [9.17, 15) is 9.59 Å². The second-order valence-corrected chi connectivity index (χ2v) is 8.33. The summed E-state index contributed by atoms with van der Waals surface area (Å²) in [6.45, 7) is 0.355. The molecule has 0 spiro atoms. The summed E-state index contributed by atoms with van der Waals surface area (Å²) in [6, 6.07) is 10.2. The van der Waals surface area contributed by atoms with Crippen LogP contribution >= 0.6 is 0 Å². The number of rotatable bonds is 8. The van der Waals surface area contributed by atoms with Crippen molar-refractivity contribution in [2.45, 2.75) is 83.2 Å². The van der Waals surface area contributed by atoms with Gasteiger partial charge in [0, 0.05) is 0 Å². The number of hydrogen-bond donors (Lipinski definition) is 0. The van der Waals surface area contributed by atoms with Crippen LogP contribution in [0.5, 0.6) is 0 Å². The van der Waals surface area contributed by atoms with Gasteiger partial charge in [0.05, 0.1) is 6.61 Å². The molecule has 1 atom stereocenters. The average Bonchev–Trinajstić information content (AvgIpc) is 2.74. The maximum atomic E-state index is 12.9. The number of hydrogen-bond acceptors (Lipinski definition) is 4. The van der Waals surface area contributed by atoms with E-state index >= 15 is 0 Å². The molecular weight excluding hydrogens is 352 g/mol. The molecule has 2 aliphatic carbocycles. The van der Waals surface area contributed by atoms with Gasteiger partial charge in [-0.05, 0) is 62.8 Å². The number of esters is 2. The highest BCUT2D eigenvalue weighted by atomic mass is 16.6. The zero-order chi connectivity index (χ0) is 19.6. The van der Waals surface area contributed by atoms with Crippen molar-refractivity contribution in [3.05, 3.63) is 35.9 Å². The normalized spacial score (nSPS) is 19.7. The Morgan fingerprint density at radius 2 is 1.50 bits per heavy atom. The van der Waals surface area contributed by atoms with Crippen LogP contribution in [-0.2, 0) is 25.5 Å². The summed E-state index contributed by atoms with van der Waals surface area (Å²) in [7, 11) is 0. The topological polar surface area (TPSA) is 52.6 Å². The molecule has 3 rings (SSSR count). The fourth-order valence-corrected chi connectivity index (χ4v) is 4.55. The number of aryl methyl sites for hydroxylation is 1. The van der Waals surface area contributed by atoms with Gasteiger partial charge < -0.3 is 9.47 Å². The molecule has 1 aromatic carbocycles. The van der Waals surface area contributed by atoms with Crippen LogP contribution in [0, 0.1) is 11.8 Å². The van der Waals surface area contributed by atoms with Crippen LogP contribution in [0.1, 0.15) is 76.2 Å². The van der Waals surface area contributed by atoms with E-state index in [4.69, 9.17) is 9.47 Å². The van der Waals surface area contributed by atoms with Crippen molar-refractivity contribution in [2.75, 3.05) is 6.61 Å². The van der Waals surface area contributed by atoms with Gasteiger partial charge in [0.2, 0.25) is 0 Å². The molecule has 1 aromatic rings. The summed E-state index contributed by atoms with van der Waals surface area (Å²) in [6.07, 6.45) is 12.1. The van der Waals surface area contributed by atoms with Crippen LogP contribution in [0.3, 0.4) is 0 Å². The third-order valence-electron chi connectivity index (χ3n) is 6.16. The number of carbonyl (C=O) groups excluding carboxylic acids is 2. The van der Waals surface area contributed by atoms with Crippen molar-refractivity contribution >= 4 is 11.9 Å². The van der Waals surface area contributed by atoms with Gasteiger partial charge in [-0.1, -0.05) is 56.0 Å². The van der Waals surface area contributed by atoms with Gasteiger partial charge in [-0.2, -0.15) is 0 Å². The Kier molecular flexibility index (Phi) is 8.38. The predicted octanol–water partition coefficient (Wildman–Crippen LogP) is 5.23. The van der Waals surface area contributed by atoms with Gasteiger partial charge in [-0.25, -0.2) is 0 Å². The molecule has 2 fully saturated rings. The van der Waals surface area contributed by atoms with E-state index in [1.54, 1.807) is 0 Å². The Morgan fingerprint density at radius 1 is 0.857 bits per heavy atom. The molecule has 2 saturated carbocycles. The van der Waals surface area contributed by atoms with Gasteiger partial charge in [0.15, 0.2) is 5.92 Å². The first-order valence-corrected chi connectivity index (χ1v) is 11.1. The lowest BCUT2D eigenvalue weighted by Crippen LogP contribution is -2.37. The number of ether oxygens (including phenoxy) is 2. The molecule has 28 heavy (non-hydrogen) atoms. The summed E-state index contributed by atoms with van der Waals surface area (Å²) in [4.78, 5) is 25.7. The standard InChI is InChI=1S/C24H34O4/c25-23(27-18-10-13-19-11-4-1-5-12-19)22(20-14-6-2-7-15-20)24(26)28-21-16-8-3-9-17-21/h1,4-5,11-12,20-22H,2-3,6-10,13-18H2. The highest BCUT2D eigenvalue weighted by molar-refractivity contribution is 5.95. The maximum absolute atomic E-state index is 12.9. The molecule has 0 aliphatic heterocycles. The third-order valence-corrected chi connectivity index (χ3v) is 6.16. The summed E-state index contributed by atoms with van der Waals surface area (Å²) < 4.78 is 11.3. The van der Waals surface area contributed by atoms with E-state index in [0.717, 1.165) is 64.2 Å². The lowest BCUT2D eigenvalue weighted by Gasteiger charge is -2.30. The summed E-state index contributed by atoms with van der Waals surface area (Å²) in [5.41, 5.74) is 1.24. The van der Waals surface area contributed by atoms with E-state index < -0.39 is 5.92 Å².